The Morgan fingerprint density at radius 3 is 2.64 bits per heavy atom. The van der Waals surface area contributed by atoms with Gasteiger partial charge in [-0.2, -0.15) is 0 Å². The summed E-state index contributed by atoms with van der Waals surface area (Å²) in [6.07, 6.45) is 0. The first-order valence-corrected chi connectivity index (χ1v) is 9.59. The van der Waals surface area contributed by atoms with Gasteiger partial charge in [0, 0.05) is 15.7 Å². The predicted molar refractivity (Wildman–Crippen MR) is 112 cm³/mol. The van der Waals surface area contributed by atoms with Crippen LogP contribution in [0, 0.1) is 13.8 Å². The third-order valence-corrected chi connectivity index (χ3v) is 4.91. The fourth-order valence-electron chi connectivity index (χ4n) is 2.69. The molecule has 0 saturated heterocycles. The van der Waals surface area contributed by atoms with Crippen LogP contribution in [-0.2, 0) is 4.79 Å². The second-order valence-corrected chi connectivity index (χ2v) is 7.46. The van der Waals surface area contributed by atoms with E-state index in [1.165, 1.54) is 0 Å². The molecule has 2 aromatic carbocycles. The van der Waals surface area contributed by atoms with Crippen molar-refractivity contribution in [3.05, 3.63) is 68.8 Å². The molecule has 2 N–H and O–H groups in total. The summed E-state index contributed by atoms with van der Waals surface area (Å²) in [5.74, 6) is -0.458. The summed E-state index contributed by atoms with van der Waals surface area (Å²) in [6.45, 7) is 3.32. The SMILES string of the molecule is Cc1cc(Br)ccc1NC(=O)CNC(=O)c1c(-c2ccccc2Cl)noc1C. The molecule has 6 nitrogen and oxygen atoms in total. The average Bonchev–Trinajstić information content (AvgIpc) is 3.04. The van der Waals surface area contributed by atoms with Crippen LogP contribution in [0.25, 0.3) is 11.3 Å². The number of amides is 2. The molecule has 2 amide bonds. The van der Waals surface area contributed by atoms with Gasteiger partial charge in [0.15, 0.2) is 0 Å². The van der Waals surface area contributed by atoms with Gasteiger partial charge in [0.1, 0.15) is 17.0 Å². The highest BCUT2D eigenvalue weighted by molar-refractivity contribution is 9.10. The fourth-order valence-corrected chi connectivity index (χ4v) is 3.39. The lowest BCUT2D eigenvalue weighted by Gasteiger charge is -2.10. The van der Waals surface area contributed by atoms with Gasteiger partial charge in [0.2, 0.25) is 5.91 Å². The van der Waals surface area contributed by atoms with Crippen molar-refractivity contribution in [3.63, 3.8) is 0 Å². The topological polar surface area (TPSA) is 84.2 Å². The smallest absolute Gasteiger partial charge is 0.257 e. The molecular formula is C20H17BrClN3O3. The number of nitrogens with one attached hydrogen (secondary N) is 2. The van der Waals surface area contributed by atoms with E-state index in [4.69, 9.17) is 16.1 Å². The highest BCUT2D eigenvalue weighted by atomic mass is 79.9. The average molecular weight is 463 g/mol. The van der Waals surface area contributed by atoms with Gasteiger partial charge >= 0.3 is 0 Å². The van der Waals surface area contributed by atoms with Crippen LogP contribution in [0.1, 0.15) is 21.7 Å². The summed E-state index contributed by atoms with van der Waals surface area (Å²) >= 11 is 9.59. The normalized spacial score (nSPS) is 10.6. The highest BCUT2D eigenvalue weighted by Crippen LogP contribution is 2.30. The molecular weight excluding hydrogens is 446 g/mol. The number of hydrogen-bond acceptors (Lipinski definition) is 4. The molecule has 1 heterocycles. The summed E-state index contributed by atoms with van der Waals surface area (Å²) in [4.78, 5) is 24.9. The van der Waals surface area contributed by atoms with Gasteiger partial charge < -0.3 is 15.2 Å². The Morgan fingerprint density at radius 1 is 1.18 bits per heavy atom. The lowest BCUT2D eigenvalue weighted by atomic mass is 10.1. The number of aromatic nitrogens is 1. The van der Waals surface area contributed by atoms with Crippen molar-refractivity contribution >= 4 is 45.0 Å². The van der Waals surface area contributed by atoms with Crippen LogP contribution in [0.5, 0.6) is 0 Å². The standard InChI is InChI=1S/C20H17BrClN3O3/c1-11-9-13(21)7-8-16(11)24-17(26)10-23-20(27)18-12(2)28-25-19(18)14-5-3-4-6-15(14)22/h3-9H,10H2,1-2H3,(H,23,27)(H,24,26). The molecule has 0 spiro atoms. The third kappa shape index (κ3) is 4.43. The van der Waals surface area contributed by atoms with Crippen molar-refractivity contribution < 1.29 is 14.1 Å². The second kappa shape index (κ2) is 8.58. The highest BCUT2D eigenvalue weighted by Gasteiger charge is 2.23. The molecule has 1 aromatic heterocycles. The molecule has 0 unspecified atom stereocenters. The third-order valence-electron chi connectivity index (χ3n) is 4.09. The van der Waals surface area contributed by atoms with Crippen LogP contribution < -0.4 is 10.6 Å². The first-order valence-electron chi connectivity index (χ1n) is 8.42. The summed E-state index contributed by atoms with van der Waals surface area (Å²) < 4.78 is 6.10. The maximum Gasteiger partial charge on any atom is 0.257 e. The molecule has 3 aromatic rings. The van der Waals surface area contributed by atoms with Crippen LogP contribution in [0.4, 0.5) is 5.69 Å². The Labute approximate surface area is 175 Å². The van der Waals surface area contributed by atoms with E-state index in [1.807, 2.05) is 19.1 Å². The number of aryl methyl sites for hydroxylation is 2. The molecule has 144 valence electrons. The number of carbonyl (C=O) groups is 2. The largest absolute Gasteiger partial charge is 0.360 e. The Bertz CT molecular complexity index is 1050. The summed E-state index contributed by atoms with van der Waals surface area (Å²) in [7, 11) is 0. The molecule has 0 saturated carbocycles. The maximum absolute atomic E-state index is 12.7. The minimum atomic E-state index is -0.462. The zero-order chi connectivity index (χ0) is 20.3. The van der Waals surface area contributed by atoms with Crippen molar-refractivity contribution in [2.45, 2.75) is 13.8 Å². The first-order chi connectivity index (χ1) is 13.4. The summed E-state index contributed by atoms with van der Waals surface area (Å²) in [5.41, 5.74) is 2.76. The van der Waals surface area contributed by atoms with Gasteiger partial charge in [-0.15, -0.1) is 0 Å². The predicted octanol–water partition coefficient (Wildman–Crippen LogP) is 4.74. The van der Waals surface area contributed by atoms with E-state index < -0.39 is 5.91 Å². The van der Waals surface area contributed by atoms with Crippen molar-refractivity contribution in [3.8, 4) is 11.3 Å². The maximum atomic E-state index is 12.7. The van der Waals surface area contributed by atoms with Crippen LogP contribution in [0.15, 0.2) is 51.5 Å². The van der Waals surface area contributed by atoms with E-state index in [1.54, 1.807) is 37.3 Å². The van der Waals surface area contributed by atoms with Gasteiger partial charge in [0.05, 0.1) is 11.6 Å². The number of carbonyl (C=O) groups excluding carboxylic acids is 2. The quantitative estimate of drug-likeness (QED) is 0.573. The Kier molecular flexibility index (Phi) is 6.16. The monoisotopic (exact) mass is 461 g/mol. The van der Waals surface area contributed by atoms with Crippen molar-refractivity contribution in [2.24, 2.45) is 0 Å². The van der Waals surface area contributed by atoms with Crippen molar-refractivity contribution in [2.75, 3.05) is 11.9 Å². The molecule has 0 aliphatic rings. The number of hydrogen-bond donors (Lipinski definition) is 2. The summed E-state index contributed by atoms with van der Waals surface area (Å²) in [5, 5.41) is 9.79. The Hall–Kier alpha value is -2.64. The van der Waals surface area contributed by atoms with Crippen molar-refractivity contribution in [1.82, 2.24) is 10.5 Å². The lowest BCUT2D eigenvalue weighted by molar-refractivity contribution is -0.115. The zero-order valence-corrected chi connectivity index (χ0v) is 17.5. The van der Waals surface area contributed by atoms with E-state index >= 15 is 0 Å². The Morgan fingerprint density at radius 2 is 1.93 bits per heavy atom. The van der Waals surface area contributed by atoms with E-state index in [0.29, 0.717) is 27.7 Å². The minimum Gasteiger partial charge on any atom is -0.360 e. The molecule has 0 aliphatic carbocycles. The number of anilines is 1. The molecule has 0 bridgehead atoms. The molecule has 28 heavy (non-hydrogen) atoms. The summed E-state index contributed by atoms with van der Waals surface area (Å²) in [6, 6.07) is 12.5. The van der Waals surface area contributed by atoms with Crippen molar-refractivity contribution in [1.29, 1.82) is 0 Å². The van der Waals surface area contributed by atoms with Crippen LogP contribution in [-0.4, -0.2) is 23.5 Å². The van der Waals surface area contributed by atoms with Crippen LogP contribution in [0.2, 0.25) is 5.02 Å². The Balaban J connectivity index is 1.71. The van der Waals surface area contributed by atoms with Gasteiger partial charge in [-0.3, -0.25) is 9.59 Å². The van der Waals surface area contributed by atoms with E-state index in [2.05, 4.69) is 31.7 Å². The second-order valence-electron chi connectivity index (χ2n) is 6.13. The molecule has 3 rings (SSSR count). The zero-order valence-electron chi connectivity index (χ0n) is 15.2. The molecule has 8 heteroatoms. The molecule has 0 radical (unpaired) electrons. The van der Waals surface area contributed by atoms with E-state index in [0.717, 1.165) is 10.0 Å². The van der Waals surface area contributed by atoms with Gasteiger partial charge in [-0.1, -0.05) is 50.9 Å². The lowest BCUT2D eigenvalue weighted by Crippen LogP contribution is -2.33. The van der Waals surface area contributed by atoms with Gasteiger partial charge in [-0.25, -0.2) is 0 Å². The fraction of sp³-hybridized carbons (Fsp3) is 0.150. The number of halogens is 2. The van der Waals surface area contributed by atoms with Gasteiger partial charge in [0.25, 0.3) is 5.91 Å². The minimum absolute atomic E-state index is 0.194. The molecule has 0 fully saturated rings. The van der Waals surface area contributed by atoms with E-state index in [9.17, 15) is 9.59 Å². The van der Waals surface area contributed by atoms with E-state index in [-0.39, 0.29) is 18.0 Å². The van der Waals surface area contributed by atoms with Crippen LogP contribution in [0.3, 0.4) is 0 Å². The molecule has 0 atom stereocenters. The molecule has 0 aliphatic heterocycles. The van der Waals surface area contributed by atoms with Gasteiger partial charge in [-0.05, 0) is 43.7 Å². The number of benzene rings is 2. The number of rotatable bonds is 5. The van der Waals surface area contributed by atoms with Crippen LogP contribution >= 0.6 is 27.5 Å². The first kappa shape index (κ1) is 20.1. The number of nitrogens with zero attached hydrogens (tertiary/aromatic N) is 1.